The second-order valence-electron chi connectivity index (χ2n) is 6.24. The Morgan fingerprint density at radius 1 is 0.957 bits per heavy atom. The molecule has 1 unspecified atom stereocenters. The molecular formula is C20H24O3. The summed E-state index contributed by atoms with van der Waals surface area (Å²) in [4.78, 5) is 11.0. The zero-order chi connectivity index (χ0) is 17.0. The van der Waals surface area contributed by atoms with Gasteiger partial charge in [-0.05, 0) is 35.7 Å². The first-order valence-electron chi connectivity index (χ1n) is 7.77. The van der Waals surface area contributed by atoms with E-state index in [4.69, 9.17) is 9.47 Å². The van der Waals surface area contributed by atoms with Crippen LogP contribution < -0.4 is 4.74 Å². The highest BCUT2D eigenvalue weighted by molar-refractivity contribution is 5.69. The maximum Gasteiger partial charge on any atom is 0.308 e. The Kier molecular flexibility index (Phi) is 5.22. The van der Waals surface area contributed by atoms with Crippen LogP contribution in [0.4, 0.5) is 0 Å². The number of carbonyl (C=O) groups excluding carboxylic acids is 1. The molecule has 0 amide bonds. The summed E-state index contributed by atoms with van der Waals surface area (Å²) in [5, 5.41) is 0. The van der Waals surface area contributed by atoms with E-state index in [1.165, 1.54) is 18.1 Å². The summed E-state index contributed by atoms with van der Waals surface area (Å²) in [6.45, 7) is 7.81. The molecular weight excluding hydrogens is 288 g/mol. The van der Waals surface area contributed by atoms with Crippen LogP contribution in [-0.4, -0.2) is 13.1 Å². The fourth-order valence-corrected chi connectivity index (χ4v) is 2.58. The van der Waals surface area contributed by atoms with Crippen molar-refractivity contribution < 1.29 is 14.3 Å². The van der Waals surface area contributed by atoms with Gasteiger partial charge in [0.25, 0.3) is 0 Å². The Morgan fingerprint density at radius 2 is 1.43 bits per heavy atom. The predicted molar refractivity (Wildman–Crippen MR) is 91.7 cm³/mol. The molecule has 0 saturated carbocycles. The van der Waals surface area contributed by atoms with Gasteiger partial charge in [-0.3, -0.25) is 4.79 Å². The van der Waals surface area contributed by atoms with Crippen LogP contribution in [0.3, 0.4) is 0 Å². The van der Waals surface area contributed by atoms with Crippen LogP contribution in [0.5, 0.6) is 5.75 Å². The van der Waals surface area contributed by atoms with Gasteiger partial charge in [-0.1, -0.05) is 50.2 Å². The molecule has 0 heterocycles. The standard InChI is InChI=1S/C20H24O3/c1-14(22-5)16-6-8-17(9-7-16)20(3,4)18-10-12-19(13-11-18)23-15(2)21/h6-14H,1-5H3. The van der Waals surface area contributed by atoms with Crippen molar-refractivity contribution in [2.24, 2.45) is 0 Å². The number of hydrogen-bond donors (Lipinski definition) is 0. The maximum atomic E-state index is 11.0. The van der Waals surface area contributed by atoms with Crippen LogP contribution in [-0.2, 0) is 14.9 Å². The number of benzene rings is 2. The van der Waals surface area contributed by atoms with Gasteiger partial charge in [0.05, 0.1) is 6.10 Å². The number of ether oxygens (including phenoxy) is 2. The molecule has 0 saturated heterocycles. The topological polar surface area (TPSA) is 35.5 Å². The number of esters is 1. The van der Waals surface area contributed by atoms with Gasteiger partial charge in [0.1, 0.15) is 5.75 Å². The molecule has 3 nitrogen and oxygen atoms in total. The van der Waals surface area contributed by atoms with E-state index in [2.05, 4.69) is 38.1 Å². The summed E-state index contributed by atoms with van der Waals surface area (Å²) < 4.78 is 10.4. The molecule has 122 valence electrons. The van der Waals surface area contributed by atoms with E-state index in [1.54, 1.807) is 7.11 Å². The number of rotatable bonds is 5. The average molecular weight is 312 g/mol. The Labute approximate surface area is 138 Å². The lowest BCUT2D eigenvalue weighted by atomic mass is 9.78. The molecule has 0 spiro atoms. The predicted octanol–water partition coefficient (Wildman–Crippen LogP) is 4.65. The van der Waals surface area contributed by atoms with Gasteiger partial charge in [0.2, 0.25) is 0 Å². The Balaban J connectivity index is 2.24. The van der Waals surface area contributed by atoms with Crippen molar-refractivity contribution in [3.05, 3.63) is 65.2 Å². The summed E-state index contributed by atoms with van der Waals surface area (Å²) >= 11 is 0. The van der Waals surface area contributed by atoms with Gasteiger partial charge in [-0.25, -0.2) is 0 Å². The Bertz CT molecular complexity index is 654. The molecule has 0 aromatic heterocycles. The van der Waals surface area contributed by atoms with Crippen molar-refractivity contribution in [1.82, 2.24) is 0 Å². The first kappa shape index (κ1) is 17.2. The van der Waals surface area contributed by atoms with Crippen molar-refractivity contribution in [1.29, 1.82) is 0 Å². The fraction of sp³-hybridized carbons (Fsp3) is 0.350. The number of hydrogen-bond acceptors (Lipinski definition) is 3. The molecule has 0 bridgehead atoms. The molecule has 2 rings (SSSR count). The normalized spacial score (nSPS) is 12.7. The molecule has 23 heavy (non-hydrogen) atoms. The molecule has 0 N–H and O–H groups in total. The summed E-state index contributed by atoms with van der Waals surface area (Å²) in [6, 6.07) is 16.2. The van der Waals surface area contributed by atoms with E-state index in [1.807, 2.05) is 31.2 Å². The van der Waals surface area contributed by atoms with Gasteiger partial charge >= 0.3 is 5.97 Å². The lowest BCUT2D eigenvalue weighted by Gasteiger charge is -2.27. The van der Waals surface area contributed by atoms with Crippen LogP contribution in [0.2, 0.25) is 0 Å². The van der Waals surface area contributed by atoms with E-state index >= 15 is 0 Å². The minimum atomic E-state index is -0.306. The zero-order valence-electron chi connectivity index (χ0n) is 14.4. The second-order valence-corrected chi connectivity index (χ2v) is 6.24. The smallest absolute Gasteiger partial charge is 0.308 e. The quantitative estimate of drug-likeness (QED) is 0.596. The molecule has 0 fully saturated rings. The molecule has 0 radical (unpaired) electrons. The lowest BCUT2D eigenvalue weighted by Crippen LogP contribution is -2.19. The van der Waals surface area contributed by atoms with Crippen molar-refractivity contribution in [3.63, 3.8) is 0 Å². The van der Waals surface area contributed by atoms with Crippen LogP contribution in [0.15, 0.2) is 48.5 Å². The fourth-order valence-electron chi connectivity index (χ4n) is 2.58. The summed E-state index contributed by atoms with van der Waals surface area (Å²) in [5.74, 6) is 0.265. The maximum absolute atomic E-state index is 11.0. The van der Waals surface area contributed by atoms with E-state index in [0.717, 1.165) is 5.56 Å². The van der Waals surface area contributed by atoms with Crippen LogP contribution >= 0.6 is 0 Å². The third kappa shape index (κ3) is 3.99. The Hall–Kier alpha value is -2.13. The third-order valence-corrected chi connectivity index (χ3v) is 4.29. The summed E-state index contributed by atoms with van der Waals surface area (Å²) in [7, 11) is 1.72. The third-order valence-electron chi connectivity index (χ3n) is 4.29. The van der Waals surface area contributed by atoms with E-state index < -0.39 is 0 Å². The van der Waals surface area contributed by atoms with Gasteiger partial charge in [-0.15, -0.1) is 0 Å². The van der Waals surface area contributed by atoms with Crippen LogP contribution in [0.25, 0.3) is 0 Å². The van der Waals surface area contributed by atoms with Crippen molar-refractivity contribution in [2.45, 2.75) is 39.2 Å². The van der Waals surface area contributed by atoms with Crippen LogP contribution in [0, 0.1) is 0 Å². The van der Waals surface area contributed by atoms with Crippen molar-refractivity contribution >= 4 is 5.97 Å². The lowest BCUT2D eigenvalue weighted by molar-refractivity contribution is -0.131. The van der Waals surface area contributed by atoms with Gasteiger partial charge < -0.3 is 9.47 Å². The molecule has 0 aliphatic heterocycles. The molecule has 1 atom stereocenters. The van der Waals surface area contributed by atoms with Gasteiger partial charge in [0, 0.05) is 19.4 Å². The minimum absolute atomic E-state index is 0.0928. The van der Waals surface area contributed by atoms with Crippen molar-refractivity contribution in [2.75, 3.05) is 7.11 Å². The summed E-state index contributed by atoms with van der Waals surface area (Å²) in [6.07, 6.45) is 0.0928. The highest BCUT2D eigenvalue weighted by atomic mass is 16.5. The van der Waals surface area contributed by atoms with Gasteiger partial charge in [-0.2, -0.15) is 0 Å². The minimum Gasteiger partial charge on any atom is -0.427 e. The zero-order valence-corrected chi connectivity index (χ0v) is 14.4. The highest BCUT2D eigenvalue weighted by Crippen LogP contribution is 2.33. The van der Waals surface area contributed by atoms with Gasteiger partial charge in [0.15, 0.2) is 0 Å². The first-order valence-corrected chi connectivity index (χ1v) is 7.77. The number of methoxy groups -OCH3 is 1. The SMILES string of the molecule is COC(C)c1ccc(C(C)(C)c2ccc(OC(C)=O)cc2)cc1. The molecule has 0 aliphatic rings. The molecule has 2 aromatic carbocycles. The Morgan fingerprint density at radius 3 is 1.87 bits per heavy atom. The molecule has 0 aliphatic carbocycles. The monoisotopic (exact) mass is 312 g/mol. The van der Waals surface area contributed by atoms with E-state index in [9.17, 15) is 4.79 Å². The first-order chi connectivity index (χ1) is 10.8. The summed E-state index contributed by atoms with van der Waals surface area (Å²) in [5.41, 5.74) is 3.42. The van der Waals surface area contributed by atoms with Crippen LogP contribution in [0.1, 0.15) is 50.5 Å². The molecule has 2 aromatic rings. The van der Waals surface area contributed by atoms with E-state index in [0.29, 0.717) is 5.75 Å². The second kappa shape index (κ2) is 6.97. The van der Waals surface area contributed by atoms with E-state index in [-0.39, 0.29) is 17.5 Å². The average Bonchev–Trinajstić information content (AvgIpc) is 2.54. The largest absolute Gasteiger partial charge is 0.427 e. The number of carbonyl (C=O) groups is 1. The highest BCUT2D eigenvalue weighted by Gasteiger charge is 2.23. The van der Waals surface area contributed by atoms with Crippen molar-refractivity contribution in [3.8, 4) is 5.75 Å². The molecule has 3 heteroatoms.